The molecule has 0 bridgehead atoms. The predicted molar refractivity (Wildman–Crippen MR) is 167 cm³/mol. The lowest BCUT2D eigenvalue weighted by atomic mass is 9.47. The molecule has 2 N–H and O–H groups in total. The molecule has 0 aliphatic heterocycles. The lowest BCUT2D eigenvalue weighted by Gasteiger charge is -2.58. The van der Waals surface area contributed by atoms with Gasteiger partial charge < -0.3 is 24.8 Å². The molecule has 0 heterocycles. The smallest absolute Gasteiger partial charge is 0.407 e. The van der Waals surface area contributed by atoms with E-state index in [1.807, 2.05) is 11.9 Å². The van der Waals surface area contributed by atoms with E-state index < -0.39 is 12.1 Å². The van der Waals surface area contributed by atoms with Gasteiger partial charge in [0.15, 0.2) is 0 Å². The summed E-state index contributed by atoms with van der Waals surface area (Å²) in [5, 5.41) is 11.5. The Hall–Kier alpha value is -1.60. The van der Waals surface area contributed by atoms with Gasteiger partial charge in [-0.1, -0.05) is 65.5 Å². The lowest BCUT2D eigenvalue weighted by molar-refractivity contribution is -0.142. The third-order valence-electron chi connectivity index (χ3n) is 12.1. The molecule has 0 radical (unpaired) electrons. The van der Waals surface area contributed by atoms with Gasteiger partial charge in [0.05, 0.1) is 6.61 Å². The molecule has 4 aliphatic rings. The number of ether oxygens (including phenoxy) is 2. The number of aliphatic hydroxyl groups is 1. The maximum absolute atomic E-state index is 12.5. The summed E-state index contributed by atoms with van der Waals surface area (Å²) >= 11 is 0. The van der Waals surface area contributed by atoms with Gasteiger partial charge in [0.2, 0.25) is 0 Å². The third kappa shape index (κ3) is 7.54. The molecular formula is C35H60N2O5. The number of alkyl carbamates (subject to hydrolysis) is 1. The quantitative estimate of drug-likeness (QED) is 0.186. The van der Waals surface area contributed by atoms with E-state index in [1.165, 1.54) is 56.9 Å². The molecule has 0 spiro atoms. The summed E-state index contributed by atoms with van der Waals surface area (Å²) in [6.45, 7) is 13.6. The number of fused-ring (bicyclic) bond motifs is 5. The van der Waals surface area contributed by atoms with Crippen LogP contribution in [0.25, 0.3) is 0 Å². The second kappa shape index (κ2) is 14.5. The second-order valence-electron chi connectivity index (χ2n) is 15.2. The normalized spacial score (nSPS) is 34.7. The molecular weight excluding hydrogens is 528 g/mol. The summed E-state index contributed by atoms with van der Waals surface area (Å²) in [6.07, 6.45) is 15.5. The van der Waals surface area contributed by atoms with Crippen LogP contribution in [0.2, 0.25) is 0 Å². The molecule has 0 unspecified atom stereocenters. The van der Waals surface area contributed by atoms with E-state index in [9.17, 15) is 9.59 Å². The zero-order chi connectivity index (χ0) is 30.5. The van der Waals surface area contributed by atoms with Crippen molar-refractivity contribution in [2.45, 2.75) is 111 Å². The predicted octanol–water partition coefficient (Wildman–Crippen LogP) is 6.59. The number of likely N-dealkylation sites (N-methyl/N-ethyl adjacent to an activating group) is 1. The van der Waals surface area contributed by atoms with E-state index in [1.54, 1.807) is 0 Å². The SMILES string of the molecule is CC(C)CCC[C@@H](C)[C@H]1CC[C@H]2[C@@H]3CC=C4C[C@@H](OC(=O)NCC(=O)OCCN(C)CCO)CC[C@]4(C)[C@H]3CC[C@]12C. The number of rotatable bonds is 13. The van der Waals surface area contributed by atoms with Crippen LogP contribution in [0, 0.1) is 46.3 Å². The van der Waals surface area contributed by atoms with Gasteiger partial charge in [0.1, 0.15) is 19.3 Å². The third-order valence-corrected chi connectivity index (χ3v) is 12.1. The maximum Gasteiger partial charge on any atom is 0.407 e. The largest absolute Gasteiger partial charge is 0.463 e. The topological polar surface area (TPSA) is 88.1 Å². The Labute approximate surface area is 255 Å². The maximum atomic E-state index is 12.5. The fourth-order valence-electron chi connectivity index (χ4n) is 9.74. The van der Waals surface area contributed by atoms with Gasteiger partial charge in [-0.05, 0) is 98.3 Å². The van der Waals surface area contributed by atoms with Gasteiger partial charge in [-0.2, -0.15) is 0 Å². The number of nitrogens with one attached hydrogen (secondary N) is 1. The number of hydrogen-bond acceptors (Lipinski definition) is 6. The Kier molecular flexibility index (Phi) is 11.5. The minimum absolute atomic E-state index is 0.0643. The van der Waals surface area contributed by atoms with E-state index in [-0.39, 0.29) is 31.3 Å². The zero-order valence-electron chi connectivity index (χ0n) is 27.5. The van der Waals surface area contributed by atoms with Crippen LogP contribution in [0.1, 0.15) is 105 Å². The van der Waals surface area contributed by atoms with Gasteiger partial charge in [0, 0.05) is 19.5 Å². The lowest BCUT2D eigenvalue weighted by Crippen LogP contribution is -2.51. The highest BCUT2D eigenvalue weighted by Gasteiger charge is 2.59. The average Bonchev–Trinajstić information content (AvgIpc) is 3.29. The van der Waals surface area contributed by atoms with Crippen LogP contribution in [0.5, 0.6) is 0 Å². The van der Waals surface area contributed by atoms with Gasteiger partial charge in [0.25, 0.3) is 0 Å². The number of amides is 1. The van der Waals surface area contributed by atoms with Crippen LogP contribution in [0.4, 0.5) is 4.79 Å². The Balaban J connectivity index is 1.27. The molecule has 0 aromatic heterocycles. The van der Waals surface area contributed by atoms with Crippen LogP contribution in [-0.4, -0.2) is 68.1 Å². The molecule has 4 rings (SSSR count). The first-order chi connectivity index (χ1) is 20.0. The summed E-state index contributed by atoms with van der Waals surface area (Å²) < 4.78 is 11.0. The molecule has 4 aliphatic carbocycles. The van der Waals surface area contributed by atoms with Gasteiger partial charge >= 0.3 is 12.1 Å². The van der Waals surface area contributed by atoms with Crippen molar-refractivity contribution in [2.24, 2.45) is 46.3 Å². The minimum Gasteiger partial charge on any atom is -0.463 e. The molecule has 0 aromatic carbocycles. The zero-order valence-corrected chi connectivity index (χ0v) is 27.5. The van der Waals surface area contributed by atoms with Gasteiger partial charge in [-0.3, -0.25) is 4.79 Å². The summed E-state index contributed by atoms with van der Waals surface area (Å²) in [6, 6.07) is 0. The van der Waals surface area contributed by atoms with Gasteiger partial charge in [-0.25, -0.2) is 4.79 Å². The molecule has 1 amide bonds. The van der Waals surface area contributed by atoms with Crippen LogP contribution >= 0.6 is 0 Å². The Morgan fingerprint density at radius 1 is 1.07 bits per heavy atom. The standard InChI is InChI=1S/C35H60N2O5/c1-24(2)8-7-9-25(3)29-12-13-30-28-11-10-26-22-27(14-16-34(26,4)31(28)15-17-35(29,30)5)42-33(40)36-23-32(39)41-21-19-37(6)18-20-38/h10,24-25,27-31,38H,7-9,11-23H2,1-6H3,(H,36,40)/t25-,27+,28+,29-,30+,31+,34+,35-/m1/s1. The molecule has 7 heteroatoms. The van der Waals surface area contributed by atoms with E-state index in [4.69, 9.17) is 14.6 Å². The molecule has 8 atom stereocenters. The summed E-state index contributed by atoms with van der Waals surface area (Å²) in [5.74, 6) is 4.42. The Morgan fingerprint density at radius 3 is 2.60 bits per heavy atom. The molecule has 0 aromatic rings. The van der Waals surface area contributed by atoms with E-state index >= 15 is 0 Å². The van der Waals surface area contributed by atoms with Crippen molar-refractivity contribution in [3.8, 4) is 0 Å². The molecule has 3 saturated carbocycles. The molecule has 3 fully saturated rings. The number of aliphatic hydroxyl groups excluding tert-OH is 1. The summed E-state index contributed by atoms with van der Waals surface area (Å²) in [5.41, 5.74) is 2.21. The summed E-state index contributed by atoms with van der Waals surface area (Å²) in [4.78, 5) is 26.4. The number of carbonyl (C=O) groups excluding carboxylic acids is 2. The van der Waals surface area contributed by atoms with Crippen LogP contribution < -0.4 is 5.32 Å². The van der Waals surface area contributed by atoms with Crippen LogP contribution in [-0.2, 0) is 14.3 Å². The Morgan fingerprint density at radius 2 is 1.86 bits per heavy atom. The van der Waals surface area contributed by atoms with Crippen LogP contribution in [0.3, 0.4) is 0 Å². The van der Waals surface area contributed by atoms with Crippen molar-refractivity contribution >= 4 is 12.1 Å². The first kappa shape index (κ1) is 33.3. The first-order valence-corrected chi connectivity index (χ1v) is 17.1. The van der Waals surface area contributed by atoms with Crippen molar-refractivity contribution < 1.29 is 24.2 Å². The van der Waals surface area contributed by atoms with E-state index in [0.29, 0.717) is 18.5 Å². The fraction of sp³-hybridized carbons (Fsp3) is 0.886. The van der Waals surface area contributed by atoms with Crippen molar-refractivity contribution in [3.05, 3.63) is 11.6 Å². The fourth-order valence-corrected chi connectivity index (χ4v) is 9.74. The first-order valence-electron chi connectivity index (χ1n) is 17.1. The monoisotopic (exact) mass is 588 g/mol. The Bertz CT molecular complexity index is 952. The highest BCUT2D eigenvalue weighted by atomic mass is 16.6. The van der Waals surface area contributed by atoms with Crippen molar-refractivity contribution in [2.75, 3.05) is 39.9 Å². The minimum atomic E-state index is -0.541. The van der Waals surface area contributed by atoms with Crippen molar-refractivity contribution in [3.63, 3.8) is 0 Å². The number of esters is 1. The van der Waals surface area contributed by atoms with E-state index in [2.05, 4.69) is 46.0 Å². The molecule has 42 heavy (non-hydrogen) atoms. The van der Waals surface area contributed by atoms with Crippen molar-refractivity contribution in [1.82, 2.24) is 10.2 Å². The van der Waals surface area contributed by atoms with Gasteiger partial charge in [-0.15, -0.1) is 0 Å². The highest BCUT2D eigenvalue weighted by Crippen LogP contribution is 2.67. The number of allylic oxidation sites excluding steroid dienone is 1. The molecule has 7 nitrogen and oxygen atoms in total. The van der Waals surface area contributed by atoms with E-state index in [0.717, 1.165) is 54.8 Å². The molecule has 0 saturated heterocycles. The highest BCUT2D eigenvalue weighted by molar-refractivity contribution is 5.77. The number of carbonyl (C=O) groups is 2. The van der Waals surface area contributed by atoms with Crippen LogP contribution in [0.15, 0.2) is 11.6 Å². The molecule has 240 valence electrons. The average molecular weight is 589 g/mol. The number of hydrogen-bond donors (Lipinski definition) is 2. The number of nitrogens with zero attached hydrogens (tertiary/aromatic N) is 1. The second-order valence-corrected chi connectivity index (χ2v) is 15.2. The van der Waals surface area contributed by atoms with Crippen molar-refractivity contribution in [1.29, 1.82) is 0 Å². The summed E-state index contributed by atoms with van der Waals surface area (Å²) in [7, 11) is 1.85.